The lowest BCUT2D eigenvalue weighted by atomic mass is 9.69. The number of aryl methyl sites for hydroxylation is 1. The van der Waals surface area contributed by atoms with Crippen molar-refractivity contribution in [2.75, 3.05) is 19.6 Å². The number of carbonyl (C=O) groups is 1. The van der Waals surface area contributed by atoms with Gasteiger partial charge in [-0.15, -0.1) is 0 Å². The molecular weight excluding hydrogens is 348 g/mol. The molecule has 4 aliphatic rings. The number of piperidine rings is 3. The molecule has 28 heavy (non-hydrogen) atoms. The van der Waals surface area contributed by atoms with E-state index >= 15 is 0 Å². The second-order valence-corrected chi connectivity index (χ2v) is 9.91. The van der Waals surface area contributed by atoms with Crippen LogP contribution in [0.5, 0.6) is 0 Å². The van der Waals surface area contributed by atoms with Gasteiger partial charge in [-0.05, 0) is 56.0 Å². The first-order chi connectivity index (χ1) is 13.7. The largest absolute Gasteiger partial charge is 0.337 e. The monoisotopic (exact) mass is 384 g/mol. The lowest BCUT2D eigenvalue weighted by Crippen LogP contribution is -2.64. The summed E-state index contributed by atoms with van der Waals surface area (Å²) in [5.41, 5.74) is 0.740. The molecule has 3 saturated heterocycles. The highest BCUT2D eigenvalue weighted by Crippen LogP contribution is 2.44. The second kappa shape index (κ2) is 7.81. The summed E-state index contributed by atoms with van der Waals surface area (Å²) in [5.74, 6) is 2.43. The third-order valence-corrected chi connectivity index (χ3v) is 8.25. The lowest BCUT2D eigenvalue weighted by molar-refractivity contribution is -0.0726. The molecule has 4 fully saturated rings. The highest BCUT2D eigenvalue weighted by molar-refractivity contribution is 5.92. The molecule has 0 N–H and O–H groups in total. The summed E-state index contributed by atoms with van der Waals surface area (Å²) in [6.45, 7) is 3.18. The van der Waals surface area contributed by atoms with Gasteiger partial charge in [-0.25, -0.2) is 0 Å². The molecule has 1 aromatic heterocycles. The number of fused-ring (bicyclic) bond motifs is 4. The molecule has 1 saturated carbocycles. The number of aromatic nitrogens is 2. The highest BCUT2D eigenvalue weighted by Gasteiger charge is 2.48. The van der Waals surface area contributed by atoms with Crippen molar-refractivity contribution in [2.45, 2.75) is 76.3 Å². The Morgan fingerprint density at radius 1 is 1.07 bits per heavy atom. The molecule has 4 heterocycles. The number of carbonyl (C=O) groups excluding carboxylic acids is 1. The molecule has 5 nitrogen and oxygen atoms in total. The molecule has 5 rings (SSSR count). The van der Waals surface area contributed by atoms with Crippen LogP contribution in [0.4, 0.5) is 0 Å². The van der Waals surface area contributed by atoms with Crippen molar-refractivity contribution in [2.24, 2.45) is 24.8 Å². The van der Waals surface area contributed by atoms with Crippen molar-refractivity contribution >= 4 is 5.91 Å². The Morgan fingerprint density at radius 2 is 1.86 bits per heavy atom. The molecule has 1 aliphatic carbocycles. The van der Waals surface area contributed by atoms with Crippen molar-refractivity contribution in [1.82, 2.24) is 19.6 Å². The zero-order valence-corrected chi connectivity index (χ0v) is 17.4. The van der Waals surface area contributed by atoms with E-state index in [4.69, 9.17) is 0 Å². The van der Waals surface area contributed by atoms with Gasteiger partial charge in [0.25, 0.3) is 5.91 Å². The first kappa shape index (κ1) is 18.7. The van der Waals surface area contributed by atoms with Crippen LogP contribution < -0.4 is 0 Å². The van der Waals surface area contributed by atoms with Crippen LogP contribution in [0.25, 0.3) is 0 Å². The van der Waals surface area contributed by atoms with Gasteiger partial charge >= 0.3 is 0 Å². The Labute approximate surface area is 169 Å². The molecule has 154 valence electrons. The van der Waals surface area contributed by atoms with Crippen LogP contribution in [0, 0.1) is 17.8 Å². The standard InChI is InChI=1S/C23H36N4O/c1-25-21(10-11-24-25)23(28)26-15-18-14-19(16-26)22(13-17-7-3-2-4-8-17)27-12-6-5-9-20(18)27/h10-11,17-20,22H,2-9,12-16H2,1H3/t18-,19+,20+,22+/m1/s1. The van der Waals surface area contributed by atoms with Crippen LogP contribution in [0.3, 0.4) is 0 Å². The quantitative estimate of drug-likeness (QED) is 0.798. The van der Waals surface area contributed by atoms with Crippen LogP contribution in [0.1, 0.15) is 74.7 Å². The molecule has 0 aromatic carbocycles. The van der Waals surface area contributed by atoms with Crippen LogP contribution in [0.2, 0.25) is 0 Å². The normalized spacial score (nSPS) is 34.2. The maximum atomic E-state index is 13.2. The Balaban J connectivity index is 1.37. The van der Waals surface area contributed by atoms with Gasteiger partial charge in [0.15, 0.2) is 0 Å². The molecule has 5 heteroatoms. The summed E-state index contributed by atoms with van der Waals surface area (Å²) >= 11 is 0. The Bertz CT molecular complexity index is 695. The van der Waals surface area contributed by atoms with E-state index in [1.807, 2.05) is 13.1 Å². The smallest absolute Gasteiger partial charge is 0.272 e. The Hall–Kier alpha value is -1.36. The van der Waals surface area contributed by atoms with E-state index in [9.17, 15) is 4.79 Å². The molecule has 0 spiro atoms. The zero-order valence-electron chi connectivity index (χ0n) is 17.4. The van der Waals surface area contributed by atoms with Crippen LogP contribution >= 0.6 is 0 Å². The third-order valence-electron chi connectivity index (χ3n) is 8.25. The van der Waals surface area contributed by atoms with Crippen molar-refractivity contribution in [1.29, 1.82) is 0 Å². The predicted molar refractivity (Wildman–Crippen MR) is 110 cm³/mol. The fourth-order valence-electron chi connectivity index (χ4n) is 6.91. The van der Waals surface area contributed by atoms with Gasteiger partial charge in [0.1, 0.15) is 5.69 Å². The van der Waals surface area contributed by atoms with Crippen LogP contribution in [0.15, 0.2) is 12.3 Å². The van der Waals surface area contributed by atoms with Gasteiger partial charge in [0, 0.05) is 38.4 Å². The van der Waals surface area contributed by atoms with E-state index in [1.165, 1.54) is 70.8 Å². The van der Waals surface area contributed by atoms with Crippen molar-refractivity contribution < 1.29 is 4.79 Å². The van der Waals surface area contributed by atoms with Crippen LogP contribution in [-0.4, -0.2) is 57.2 Å². The average molecular weight is 385 g/mol. The number of nitrogens with zero attached hydrogens (tertiary/aromatic N) is 4. The van der Waals surface area contributed by atoms with E-state index in [2.05, 4.69) is 14.9 Å². The number of rotatable bonds is 3. The molecule has 2 bridgehead atoms. The van der Waals surface area contributed by atoms with E-state index in [-0.39, 0.29) is 5.91 Å². The minimum Gasteiger partial charge on any atom is -0.337 e. The summed E-state index contributed by atoms with van der Waals surface area (Å²) in [4.78, 5) is 18.3. The first-order valence-electron chi connectivity index (χ1n) is 11.7. The Morgan fingerprint density at radius 3 is 2.64 bits per heavy atom. The number of amides is 1. The molecule has 3 aliphatic heterocycles. The van der Waals surface area contributed by atoms with Gasteiger partial charge < -0.3 is 4.90 Å². The third kappa shape index (κ3) is 3.40. The Kier molecular flexibility index (Phi) is 5.20. The van der Waals surface area contributed by atoms with Crippen molar-refractivity contribution in [3.05, 3.63) is 18.0 Å². The topological polar surface area (TPSA) is 41.4 Å². The predicted octanol–water partition coefficient (Wildman–Crippen LogP) is 3.71. The fraction of sp³-hybridized carbons (Fsp3) is 0.826. The minimum absolute atomic E-state index is 0.190. The summed E-state index contributed by atoms with van der Waals surface area (Å²) < 4.78 is 1.74. The lowest BCUT2D eigenvalue weighted by Gasteiger charge is -2.57. The molecule has 4 atom stereocenters. The number of hydrogen-bond acceptors (Lipinski definition) is 3. The van der Waals surface area contributed by atoms with Gasteiger partial charge in [-0.1, -0.05) is 38.5 Å². The second-order valence-electron chi connectivity index (χ2n) is 9.91. The first-order valence-corrected chi connectivity index (χ1v) is 11.7. The summed E-state index contributed by atoms with van der Waals surface area (Å²) in [6.07, 6.45) is 15.7. The van der Waals surface area contributed by atoms with Gasteiger partial charge in [-0.3, -0.25) is 14.4 Å². The van der Waals surface area contributed by atoms with Crippen molar-refractivity contribution in [3.8, 4) is 0 Å². The fourth-order valence-corrected chi connectivity index (χ4v) is 6.91. The molecule has 0 unspecified atom stereocenters. The molecule has 0 radical (unpaired) electrons. The van der Waals surface area contributed by atoms with E-state index in [0.29, 0.717) is 23.9 Å². The minimum atomic E-state index is 0.190. The zero-order chi connectivity index (χ0) is 19.1. The summed E-state index contributed by atoms with van der Waals surface area (Å²) in [5, 5.41) is 4.22. The molecular formula is C23H36N4O. The van der Waals surface area contributed by atoms with Crippen LogP contribution in [-0.2, 0) is 7.05 Å². The summed E-state index contributed by atoms with van der Waals surface area (Å²) in [6, 6.07) is 3.28. The maximum Gasteiger partial charge on any atom is 0.272 e. The van der Waals surface area contributed by atoms with Gasteiger partial charge in [0.2, 0.25) is 0 Å². The van der Waals surface area contributed by atoms with E-state index < -0.39 is 0 Å². The molecule has 1 aromatic rings. The molecule has 1 amide bonds. The average Bonchev–Trinajstić information content (AvgIpc) is 3.17. The highest BCUT2D eigenvalue weighted by atomic mass is 16.2. The van der Waals surface area contributed by atoms with E-state index in [0.717, 1.165) is 24.7 Å². The maximum absolute atomic E-state index is 13.2. The number of likely N-dealkylation sites (tertiary alicyclic amines) is 1. The SMILES string of the molecule is Cn1nccc1C(=O)N1C[C@H]2C[C@@H](C1)[C@H](CC1CCCCC1)N1CCCC[C@@H]21. The van der Waals surface area contributed by atoms with Gasteiger partial charge in [0.05, 0.1) is 0 Å². The van der Waals surface area contributed by atoms with E-state index in [1.54, 1.807) is 10.9 Å². The number of hydrogen-bond donors (Lipinski definition) is 0. The van der Waals surface area contributed by atoms with Gasteiger partial charge in [-0.2, -0.15) is 5.10 Å². The summed E-state index contributed by atoms with van der Waals surface area (Å²) in [7, 11) is 1.88. The van der Waals surface area contributed by atoms with Crippen molar-refractivity contribution in [3.63, 3.8) is 0 Å².